The Morgan fingerprint density at radius 2 is 1.79 bits per heavy atom. The molecule has 0 saturated carbocycles. The topological polar surface area (TPSA) is 43.4 Å². The average Bonchev–Trinajstić information content (AvgIpc) is 2.60. The van der Waals surface area contributed by atoms with Crippen molar-refractivity contribution in [2.45, 2.75) is 20.8 Å². The molecule has 19 heavy (non-hydrogen) atoms. The number of carbonyl (C=O) groups excluding carboxylic acids is 2. The van der Waals surface area contributed by atoms with Crippen molar-refractivity contribution in [3.8, 4) is 11.8 Å². The summed E-state index contributed by atoms with van der Waals surface area (Å²) in [6, 6.07) is 4.83. The van der Waals surface area contributed by atoms with Crippen LogP contribution in [0.4, 0.5) is 0 Å². The van der Waals surface area contributed by atoms with E-state index in [1.807, 2.05) is 20.8 Å². The molecule has 2 rings (SSSR count). The standard InChI is InChI=1S/C16H14O3/c1-10(16(2,3)4)5-6-11-7-8-12-13(9-11)15(18)19-14(12)17/h7-9H,1H2,2-4H3. The van der Waals surface area contributed by atoms with Crippen LogP contribution in [0.1, 0.15) is 47.1 Å². The third kappa shape index (κ3) is 2.58. The number of hydrogen-bond donors (Lipinski definition) is 0. The first-order valence-corrected chi connectivity index (χ1v) is 5.91. The van der Waals surface area contributed by atoms with Crippen molar-refractivity contribution in [2.75, 3.05) is 0 Å². The van der Waals surface area contributed by atoms with Crippen LogP contribution in [0.5, 0.6) is 0 Å². The normalized spacial score (nSPS) is 13.4. The Bertz CT molecular complexity index is 649. The minimum absolute atomic E-state index is 0.0847. The fourth-order valence-electron chi connectivity index (χ4n) is 1.50. The van der Waals surface area contributed by atoms with E-state index in [0.29, 0.717) is 11.1 Å². The highest BCUT2D eigenvalue weighted by molar-refractivity contribution is 6.14. The fourth-order valence-corrected chi connectivity index (χ4v) is 1.50. The van der Waals surface area contributed by atoms with Gasteiger partial charge in [-0.3, -0.25) is 0 Å². The van der Waals surface area contributed by atoms with Crippen molar-refractivity contribution in [3.05, 3.63) is 47.0 Å². The van der Waals surface area contributed by atoms with Crippen LogP contribution in [0.2, 0.25) is 0 Å². The largest absolute Gasteiger partial charge is 0.386 e. The van der Waals surface area contributed by atoms with Gasteiger partial charge in [-0.15, -0.1) is 0 Å². The molecule has 0 amide bonds. The second-order valence-electron chi connectivity index (χ2n) is 5.42. The van der Waals surface area contributed by atoms with E-state index < -0.39 is 11.9 Å². The van der Waals surface area contributed by atoms with Gasteiger partial charge < -0.3 is 4.74 Å². The Balaban J connectivity index is 2.33. The van der Waals surface area contributed by atoms with E-state index in [4.69, 9.17) is 0 Å². The van der Waals surface area contributed by atoms with E-state index in [1.54, 1.807) is 18.2 Å². The molecule has 3 heteroatoms. The van der Waals surface area contributed by atoms with Gasteiger partial charge in [0.25, 0.3) is 0 Å². The number of cyclic esters (lactones) is 2. The molecule has 0 atom stereocenters. The van der Waals surface area contributed by atoms with Crippen molar-refractivity contribution < 1.29 is 14.3 Å². The summed E-state index contributed by atoms with van der Waals surface area (Å²) in [5, 5.41) is 0. The minimum atomic E-state index is -0.613. The molecule has 0 unspecified atom stereocenters. The summed E-state index contributed by atoms with van der Waals surface area (Å²) in [6.45, 7) is 10.0. The zero-order chi connectivity index (χ0) is 14.2. The third-order valence-electron chi connectivity index (χ3n) is 2.91. The second kappa shape index (κ2) is 4.40. The van der Waals surface area contributed by atoms with Gasteiger partial charge in [0.1, 0.15) is 0 Å². The Morgan fingerprint density at radius 1 is 1.16 bits per heavy atom. The number of hydrogen-bond acceptors (Lipinski definition) is 3. The molecule has 96 valence electrons. The molecule has 0 saturated heterocycles. The number of esters is 2. The van der Waals surface area contributed by atoms with Gasteiger partial charge in [0.2, 0.25) is 0 Å². The molecule has 1 aromatic carbocycles. The van der Waals surface area contributed by atoms with E-state index in [-0.39, 0.29) is 11.0 Å². The van der Waals surface area contributed by atoms with Gasteiger partial charge in [0, 0.05) is 11.1 Å². The SMILES string of the molecule is C=C(C#Cc1ccc2c(c1)C(=O)OC2=O)C(C)(C)C. The molecule has 0 spiro atoms. The summed E-state index contributed by atoms with van der Waals surface area (Å²) < 4.78 is 4.52. The smallest absolute Gasteiger partial charge is 0.346 e. The lowest BCUT2D eigenvalue weighted by atomic mass is 9.88. The number of rotatable bonds is 0. The van der Waals surface area contributed by atoms with Crippen molar-refractivity contribution >= 4 is 11.9 Å². The molecule has 0 aromatic heterocycles. The Morgan fingerprint density at radius 3 is 2.42 bits per heavy atom. The van der Waals surface area contributed by atoms with Gasteiger partial charge in [-0.1, -0.05) is 39.2 Å². The highest BCUT2D eigenvalue weighted by Gasteiger charge is 2.29. The number of allylic oxidation sites excluding steroid dienone is 1. The van der Waals surface area contributed by atoms with Gasteiger partial charge in [0.15, 0.2) is 0 Å². The molecule has 0 aliphatic carbocycles. The van der Waals surface area contributed by atoms with Crippen molar-refractivity contribution in [2.24, 2.45) is 5.41 Å². The van der Waals surface area contributed by atoms with Crippen molar-refractivity contribution in [3.63, 3.8) is 0 Å². The maximum Gasteiger partial charge on any atom is 0.346 e. The number of carbonyl (C=O) groups is 2. The molecule has 3 nitrogen and oxygen atoms in total. The summed E-state index contributed by atoms with van der Waals surface area (Å²) in [5.74, 6) is 4.71. The lowest BCUT2D eigenvalue weighted by Crippen LogP contribution is -2.06. The van der Waals surface area contributed by atoms with E-state index in [1.165, 1.54) is 0 Å². The molecule has 1 aromatic rings. The van der Waals surface area contributed by atoms with Crippen LogP contribution < -0.4 is 0 Å². The summed E-state index contributed by atoms with van der Waals surface area (Å²) in [7, 11) is 0. The molecule has 0 N–H and O–H groups in total. The minimum Gasteiger partial charge on any atom is -0.386 e. The van der Waals surface area contributed by atoms with Crippen molar-refractivity contribution in [1.82, 2.24) is 0 Å². The molecule has 1 aliphatic heterocycles. The van der Waals surface area contributed by atoms with E-state index in [9.17, 15) is 9.59 Å². The van der Waals surface area contributed by atoms with Crippen LogP contribution >= 0.6 is 0 Å². The van der Waals surface area contributed by atoms with Gasteiger partial charge in [-0.25, -0.2) is 9.59 Å². The molecule has 0 radical (unpaired) electrons. The van der Waals surface area contributed by atoms with Crippen LogP contribution in [0, 0.1) is 17.3 Å². The molecule has 1 aliphatic rings. The van der Waals surface area contributed by atoms with Crippen LogP contribution in [0.25, 0.3) is 0 Å². The summed E-state index contributed by atoms with van der Waals surface area (Å²) in [4.78, 5) is 22.7. The maximum absolute atomic E-state index is 11.4. The zero-order valence-corrected chi connectivity index (χ0v) is 11.2. The highest BCUT2D eigenvalue weighted by atomic mass is 16.6. The molecule has 0 bridgehead atoms. The maximum atomic E-state index is 11.4. The second-order valence-corrected chi connectivity index (χ2v) is 5.42. The first-order valence-electron chi connectivity index (χ1n) is 5.91. The number of fused-ring (bicyclic) bond motifs is 1. The van der Waals surface area contributed by atoms with Gasteiger partial charge in [-0.05, 0) is 23.6 Å². The average molecular weight is 254 g/mol. The summed E-state index contributed by atoms with van der Waals surface area (Å²) in [5.41, 5.74) is 1.96. The van der Waals surface area contributed by atoms with E-state index in [0.717, 1.165) is 5.57 Å². The quantitative estimate of drug-likeness (QED) is 0.406. The Labute approximate surface area is 112 Å². The van der Waals surface area contributed by atoms with Gasteiger partial charge in [-0.2, -0.15) is 0 Å². The van der Waals surface area contributed by atoms with Crippen LogP contribution in [0.3, 0.4) is 0 Å². The Hall–Kier alpha value is -2.34. The van der Waals surface area contributed by atoms with Crippen LogP contribution in [0.15, 0.2) is 30.4 Å². The van der Waals surface area contributed by atoms with E-state index in [2.05, 4.69) is 23.2 Å². The van der Waals surface area contributed by atoms with Crippen molar-refractivity contribution in [1.29, 1.82) is 0 Å². The third-order valence-corrected chi connectivity index (χ3v) is 2.91. The first-order chi connectivity index (χ1) is 8.79. The van der Waals surface area contributed by atoms with Gasteiger partial charge >= 0.3 is 11.9 Å². The zero-order valence-electron chi connectivity index (χ0n) is 11.2. The monoisotopic (exact) mass is 254 g/mol. The number of ether oxygens (including phenoxy) is 1. The lowest BCUT2D eigenvalue weighted by Gasteiger charge is -2.16. The first kappa shape index (κ1) is 13.1. The molecule has 1 heterocycles. The Kier molecular flexibility index (Phi) is 3.03. The van der Waals surface area contributed by atoms with Gasteiger partial charge in [0.05, 0.1) is 11.1 Å². The molecular weight excluding hydrogens is 240 g/mol. The highest BCUT2D eigenvalue weighted by Crippen LogP contribution is 2.23. The van der Waals surface area contributed by atoms with Crippen LogP contribution in [-0.2, 0) is 4.74 Å². The van der Waals surface area contributed by atoms with Crippen LogP contribution in [-0.4, -0.2) is 11.9 Å². The molecular formula is C16H14O3. The molecule has 0 fully saturated rings. The fraction of sp³-hybridized carbons (Fsp3) is 0.250. The lowest BCUT2D eigenvalue weighted by molar-refractivity contribution is 0.0444. The predicted octanol–water partition coefficient (Wildman–Crippen LogP) is 2.95. The van der Waals surface area contributed by atoms with E-state index >= 15 is 0 Å². The summed E-state index contributed by atoms with van der Waals surface area (Å²) in [6.07, 6.45) is 0. The number of benzene rings is 1. The predicted molar refractivity (Wildman–Crippen MR) is 71.7 cm³/mol. The summed E-state index contributed by atoms with van der Waals surface area (Å²) >= 11 is 0.